The second kappa shape index (κ2) is 6.90. The highest BCUT2D eigenvalue weighted by atomic mass is 32.2. The van der Waals surface area contributed by atoms with Crippen LogP contribution in [0.4, 0.5) is 0 Å². The first-order valence-corrected chi connectivity index (χ1v) is 13.0. The van der Waals surface area contributed by atoms with Crippen molar-refractivity contribution in [1.82, 2.24) is 0 Å². The van der Waals surface area contributed by atoms with Gasteiger partial charge in [-0.05, 0) is 80.5 Å². The highest BCUT2D eigenvalue weighted by Gasteiger charge is 2.71. The van der Waals surface area contributed by atoms with Crippen molar-refractivity contribution in [2.45, 2.75) is 102 Å². The van der Waals surface area contributed by atoms with Crippen molar-refractivity contribution < 1.29 is 4.74 Å². The van der Waals surface area contributed by atoms with Gasteiger partial charge >= 0.3 is 0 Å². The molecular formula is C24H40N2OS. The lowest BCUT2D eigenvalue weighted by atomic mass is 9.45. The van der Waals surface area contributed by atoms with Gasteiger partial charge in [-0.2, -0.15) is 0 Å². The van der Waals surface area contributed by atoms with Crippen molar-refractivity contribution >= 4 is 16.9 Å². The van der Waals surface area contributed by atoms with Crippen LogP contribution in [0.1, 0.15) is 91.4 Å². The first-order valence-electron chi connectivity index (χ1n) is 12.1. The Labute approximate surface area is 176 Å². The lowest BCUT2D eigenvalue weighted by Crippen LogP contribution is -2.57. The second-order valence-corrected chi connectivity index (χ2v) is 12.3. The number of nitrogens with two attached hydrogens (primary N) is 1. The van der Waals surface area contributed by atoms with Gasteiger partial charge in [-0.1, -0.05) is 51.8 Å². The molecule has 0 aromatic rings. The number of amidine groups is 1. The molecule has 158 valence electrons. The number of hydrogen-bond donors (Lipinski definition) is 1. The molecule has 28 heavy (non-hydrogen) atoms. The third kappa shape index (κ3) is 2.55. The highest BCUT2D eigenvalue weighted by molar-refractivity contribution is 8.14. The second-order valence-electron chi connectivity index (χ2n) is 11.0. The predicted octanol–water partition coefficient (Wildman–Crippen LogP) is 5.97. The van der Waals surface area contributed by atoms with E-state index in [1.807, 2.05) is 11.8 Å². The van der Waals surface area contributed by atoms with Crippen LogP contribution in [-0.4, -0.2) is 22.7 Å². The molecule has 4 heteroatoms. The first-order chi connectivity index (χ1) is 13.4. The fourth-order valence-electron chi connectivity index (χ4n) is 8.58. The number of aliphatic imine (C=N–C) groups is 1. The van der Waals surface area contributed by atoms with Crippen molar-refractivity contribution in [2.24, 2.45) is 45.2 Å². The van der Waals surface area contributed by atoms with Crippen LogP contribution in [0.15, 0.2) is 4.99 Å². The molecule has 0 aromatic heterocycles. The summed E-state index contributed by atoms with van der Waals surface area (Å²) in [7, 11) is 0. The topological polar surface area (TPSA) is 47.6 Å². The molecule has 5 aliphatic rings. The normalized spacial score (nSPS) is 52.4. The predicted molar refractivity (Wildman–Crippen MR) is 118 cm³/mol. The molecule has 2 N–H and O–H groups in total. The van der Waals surface area contributed by atoms with E-state index in [-0.39, 0.29) is 11.1 Å². The maximum Gasteiger partial charge on any atom is 0.179 e. The zero-order valence-electron chi connectivity index (χ0n) is 18.2. The smallest absolute Gasteiger partial charge is 0.179 e. The Morgan fingerprint density at radius 1 is 1.11 bits per heavy atom. The van der Waals surface area contributed by atoms with Gasteiger partial charge in [-0.25, -0.2) is 4.99 Å². The number of unbranched alkanes of at least 4 members (excludes halogenated alkanes) is 1. The summed E-state index contributed by atoms with van der Waals surface area (Å²) < 4.78 is 6.72. The molecule has 0 bridgehead atoms. The van der Waals surface area contributed by atoms with Gasteiger partial charge in [0.15, 0.2) is 10.9 Å². The molecule has 0 amide bonds. The summed E-state index contributed by atoms with van der Waals surface area (Å²) in [6.07, 6.45) is 15.1. The third-order valence-electron chi connectivity index (χ3n) is 10.1. The van der Waals surface area contributed by atoms with Crippen LogP contribution in [-0.2, 0) is 4.74 Å². The quantitative estimate of drug-likeness (QED) is 0.587. The molecule has 8 atom stereocenters. The van der Waals surface area contributed by atoms with Gasteiger partial charge in [0.1, 0.15) is 0 Å². The Balaban J connectivity index is 1.46. The van der Waals surface area contributed by atoms with E-state index in [1.165, 1.54) is 64.2 Å². The maximum absolute atomic E-state index is 6.72. The fraction of sp³-hybridized carbons (Fsp3) is 0.958. The molecule has 0 saturated heterocycles. The molecule has 4 aliphatic carbocycles. The third-order valence-corrected chi connectivity index (χ3v) is 11.2. The summed E-state index contributed by atoms with van der Waals surface area (Å²) >= 11 is 1.82. The summed E-state index contributed by atoms with van der Waals surface area (Å²) in [5, 5.41) is 1.21. The molecule has 5 rings (SSSR count). The zero-order chi connectivity index (χ0) is 19.6. The monoisotopic (exact) mass is 404 g/mol. The van der Waals surface area contributed by atoms with Gasteiger partial charge in [0, 0.05) is 12.0 Å². The summed E-state index contributed by atoms with van der Waals surface area (Å²) in [5.74, 6) is 3.57. The minimum Gasteiger partial charge on any atom is -0.378 e. The molecule has 1 heterocycles. The van der Waals surface area contributed by atoms with E-state index in [0.717, 1.165) is 41.9 Å². The van der Waals surface area contributed by atoms with Crippen LogP contribution >= 0.6 is 11.8 Å². The number of thioether (sulfide) groups is 1. The van der Waals surface area contributed by atoms with Gasteiger partial charge < -0.3 is 10.5 Å². The molecule has 0 radical (unpaired) electrons. The lowest BCUT2D eigenvalue weighted by Gasteiger charge is -2.61. The van der Waals surface area contributed by atoms with Crippen LogP contribution in [0.3, 0.4) is 0 Å². The number of ether oxygens (including phenoxy) is 1. The SMILES string of the molecule is CCCCO[C@]12N=C(N)S[C@@H]1C[C@H]1[C@@H]3CC[C@@H]4CCCC[C@]4(C)[C@H]3CC[C@@]12C. The lowest BCUT2D eigenvalue weighted by molar-refractivity contribution is -0.168. The van der Waals surface area contributed by atoms with E-state index >= 15 is 0 Å². The van der Waals surface area contributed by atoms with Crippen LogP contribution in [0.25, 0.3) is 0 Å². The summed E-state index contributed by atoms with van der Waals surface area (Å²) in [4.78, 5) is 5.08. The zero-order valence-corrected chi connectivity index (χ0v) is 19.0. The average Bonchev–Trinajstić information content (AvgIpc) is 3.11. The first kappa shape index (κ1) is 19.7. The van der Waals surface area contributed by atoms with Crippen molar-refractivity contribution in [3.8, 4) is 0 Å². The summed E-state index contributed by atoms with van der Waals surface area (Å²) in [6, 6.07) is 0. The van der Waals surface area contributed by atoms with Crippen LogP contribution < -0.4 is 5.73 Å². The van der Waals surface area contributed by atoms with Crippen LogP contribution in [0.5, 0.6) is 0 Å². The molecule has 0 aromatic carbocycles. The highest BCUT2D eigenvalue weighted by Crippen LogP contribution is 2.71. The Morgan fingerprint density at radius 3 is 2.79 bits per heavy atom. The molecule has 4 saturated carbocycles. The van der Waals surface area contributed by atoms with Gasteiger partial charge in [0.25, 0.3) is 0 Å². The number of fused-ring (bicyclic) bond motifs is 7. The van der Waals surface area contributed by atoms with E-state index in [9.17, 15) is 0 Å². The van der Waals surface area contributed by atoms with E-state index in [4.69, 9.17) is 15.5 Å². The number of hydrogen-bond acceptors (Lipinski definition) is 4. The number of rotatable bonds is 4. The molecule has 0 spiro atoms. The Morgan fingerprint density at radius 2 is 1.96 bits per heavy atom. The van der Waals surface area contributed by atoms with Gasteiger partial charge in [0.2, 0.25) is 0 Å². The van der Waals surface area contributed by atoms with Crippen LogP contribution in [0.2, 0.25) is 0 Å². The molecule has 4 fully saturated rings. The van der Waals surface area contributed by atoms with Gasteiger partial charge in [-0.3, -0.25) is 0 Å². The van der Waals surface area contributed by atoms with E-state index < -0.39 is 0 Å². The van der Waals surface area contributed by atoms with Crippen molar-refractivity contribution in [1.29, 1.82) is 0 Å². The summed E-state index contributed by atoms with van der Waals surface area (Å²) in [6.45, 7) is 8.27. The van der Waals surface area contributed by atoms with Crippen molar-refractivity contribution in [3.63, 3.8) is 0 Å². The Hall–Kier alpha value is -0.220. The van der Waals surface area contributed by atoms with E-state index in [2.05, 4.69) is 20.8 Å². The molecule has 1 aliphatic heterocycles. The Kier molecular flexibility index (Phi) is 4.86. The molecule has 3 nitrogen and oxygen atoms in total. The molecule has 0 unspecified atom stereocenters. The molecular weight excluding hydrogens is 364 g/mol. The van der Waals surface area contributed by atoms with E-state index in [0.29, 0.717) is 10.7 Å². The van der Waals surface area contributed by atoms with Gasteiger partial charge in [-0.15, -0.1) is 0 Å². The van der Waals surface area contributed by atoms with E-state index in [1.54, 1.807) is 0 Å². The standard InChI is InChI=1S/C24H40N2OS/c1-4-5-14-27-24-20(28-21(25)26-24)15-19-17-10-9-16-8-6-7-12-22(16,2)18(17)11-13-23(19,24)3/h16-20H,4-15H2,1-3H3,(H2,25,26)/t16-,17+,18-,19-,20+,22-,23-,24+/m0/s1. The maximum atomic E-state index is 6.72. The van der Waals surface area contributed by atoms with Crippen molar-refractivity contribution in [3.05, 3.63) is 0 Å². The largest absolute Gasteiger partial charge is 0.378 e. The van der Waals surface area contributed by atoms with Gasteiger partial charge in [0.05, 0.1) is 5.25 Å². The summed E-state index contributed by atoms with van der Waals surface area (Å²) in [5.41, 5.74) is 6.69. The average molecular weight is 405 g/mol. The van der Waals surface area contributed by atoms with Crippen molar-refractivity contribution in [2.75, 3.05) is 6.61 Å². The number of nitrogens with zero attached hydrogens (tertiary/aromatic N) is 1. The Bertz CT molecular complexity index is 653. The minimum absolute atomic E-state index is 0.165. The fourth-order valence-corrected chi connectivity index (χ4v) is 9.91. The minimum atomic E-state index is -0.350. The van der Waals surface area contributed by atoms with Crippen LogP contribution in [0, 0.1) is 34.5 Å².